The van der Waals surface area contributed by atoms with E-state index in [9.17, 15) is 15.0 Å². The van der Waals surface area contributed by atoms with Gasteiger partial charge in [0.1, 0.15) is 11.5 Å². The molecule has 4 nitrogen and oxygen atoms in total. The van der Waals surface area contributed by atoms with Gasteiger partial charge in [0.25, 0.3) is 5.91 Å². The number of carbonyl (C=O) groups excluding carboxylic acids is 1. The van der Waals surface area contributed by atoms with Crippen molar-refractivity contribution < 1.29 is 15.0 Å². The molecule has 0 saturated carbocycles. The zero-order chi connectivity index (χ0) is 11.9. The molecule has 0 spiro atoms. The van der Waals surface area contributed by atoms with Gasteiger partial charge in [-0.15, -0.1) is 0 Å². The predicted molar refractivity (Wildman–Crippen MR) is 60.8 cm³/mol. The first-order valence-electron chi connectivity index (χ1n) is 4.44. The van der Waals surface area contributed by atoms with E-state index in [-0.39, 0.29) is 22.1 Å². The fraction of sp³-hybridized carbons (Fsp3) is 0. The number of carbonyl (C=O) groups is 1. The summed E-state index contributed by atoms with van der Waals surface area (Å²) in [5.74, 6) is -1.02. The Bertz CT molecular complexity index is 595. The van der Waals surface area contributed by atoms with Gasteiger partial charge in [0.2, 0.25) is 0 Å². The summed E-state index contributed by atoms with van der Waals surface area (Å²) >= 11 is 5.73. The van der Waals surface area contributed by atoms with Gasteiger partial charge < -0.3 is 15.9 Å². The number of phenols is 2. The van der Waals surface area contributed by atoms with Crippen LogP contribution in [0.15, 0.2) is 24.3 Å². The zero-order valence-electron chi connectivity index (χ0n) is 8.07. The topological polar surface area (TPSA) is 83.6 Å². The van der Waals surface area contributed by atoms with E-state index in [1.165, 1.54) is 24.3 Å². The standard InChI is InChI=1S/C11H8ClNO3/c12-8-2-5-1-7(11(13)16)9(14)3-6(5)4-10(8)15/h1-4,14-15H,(H2,13,16). The molecular formula is C11H8ClNO3. The highest BCUT2D eigenvalue weighted by Crippen LogP contribution is 2.32. The van der Waals surface area contributed by atoms with Crippen LogP contribution in [0.2, 0.25) is 5.02 Å². The Morgan fingerprint density at radius 3 is 2.25 bits per heavy atom. The molecule has 0 radical (unpaired) electrons. The Labute approximate surface area is 95.9 Å². The third-order valence-electron chi connectivity index (χ3n) is 2.29. The Morgan fingerprint density at radius 1 is 1.06 bits per heavy atom. The van der Waals surface area contributed by atoms with Gasteiger partial charge in [-0.2, -0.15) is 0 Å². The van der Waals surface area contributed by atoms with Gasteiger partial charge in [-0.1, -0.05) is 11.6 Å². The summed E-state index contributed by atoms with van der Waals surface area (Å²) in [4.78, 5) is 11.0. The van der Waals surface area contributed by atoms with Gasteiger partial charge in [-0.3, -0.25) is 4.79 Å². The highest BCUT2D eigenvalue weighted by molar-refractivity contribution is 6.32. The lowest BCUT2D eigenvalue weighted by molar-refractivity contribution is 0.0998. The summed E-state index contributed by atoms with van der Waals surface area (Å²) in [5.41, 5.74) is 5.11. The monoisotopic (exact) mass is 237 g/mol. The summed E-state index contributed by atoms with van der Waals surface area (Å²) in [6.45, 7) is 0. The summed E-state index contributed by atoms with van der Waals surface area (Å²) < 4.78 is 0. The van der Waals surface area contributed by atoms with Crippen molar-refractivity contribution in [1.29, 1.82) is 0 Å². The van der Waals surface area contributed by atoms with Crippen LogP contribution < -0.4 is 5.73 Å². The summed E-state index contributed by atoms with van der Waals surface area (Å²) in [6.07, 6.45) is 0. The molecule has 2 aromatic carbocycles. The molecule has 82 valence electrons. The number of fused-ring (bicyclic) bond motifs is 1. The zero-order valence-corrected chi connectivity index (χ0v) is 8.82. The molecule has 16 heavy (non-hydrogen) atoms. The van der Waals surface area contributed by atoms with Crippen molar-refractivity contribution in [2.24, 2.45) is 5.73 Å². The van der Waals surface area contributed by atoms with Crippen LogP contribution >= 0.6 is 11.6 Å². The smallest absolute Gasteiger partial charge is 0.252 e. The molecule has 1 amide bonds. The number of primary amides is 1. The number of amides is 1. The normalized spacial score (nSPS) is 10.6. The number of phenolic OH excluding ortho intramolecular Hbond substituents is 1. The van der Waals surface area contributed by atoms with Crippen LogP contribution in [0, 0.1) is 0 Å². The van der Waals surface area contributed by atoms with Crippen LogP contribution in [0.4, 0.5) is 0 Å². The second-order valence-corrected chi connectivity index (χ2v) is 3.79. The second kappa shape index (κ2) is 3.57. The lowest BCUT2D eigenvalue weighted by atomic mass is 10.1. The van der Waals surface area contributed by atoms with E-state index in [1.807, 2.05) is 0 Å². The van der Waals surface area contributed by atoms with Crippen molar-refractivity contribution in [3.8, 4) is 11.5 Å². The number of hydrogen-bond acceptors (Lipinski definition) is 3. The van der Waals surface area contributed by atoms with Crippen molar-refractivity contribution >= 4 is 28.3 Å². The first-order chi connectivity index (χ1) is 7.49. The average Bonchev–Trinajstić information content (AvgIpc) is 2.19. The third-order valence-corrected chi connectivity index (χ3v) is 2.59. The molecule has 0 heterocycles. The number of hydrogen-bond donors (Lipinski definition) is 3. The quantitative estimate of drug-likeness (QED) is 0.709. The maximum absolute atomic E-state index is 11.0. The van der Waals surface area contributed by atoms with Crippen LogP contribution in [-0.4, -0.2) is 16.1 Å². The second-order valence-electron chi connectivity index (χ2n) is 3.38. The van der Waals surface area contributed by atoms with Gasteiger partial charge >= 0.3 is 0 Å². The Kier molecular flexibility index (Phi) is 2.36. The summed E-state index contributed by atoms with van der Waals surface area (Å²) in [6, 6.07) is 5.68. The lowest BCUT2D eigenvalue weighted by Gasteiger charge is -2.05. The molecule has 0 aliphatic rings. The molecule has 0 unspecified atom stereocenters. The van der Waals surface area contributed by atoms with Crippen LogP contribution in [0.5, 0.6) is 11.5 Å². The van der Waals surface area contributed by atoms with E-state index in [1.54, 1.807) is 0 Å². The highest BCUT2D eigenvalue weighted by atomic mass is 35.5. The van der Waals surface area contributed by atoms with Crippen molar-refractivity contribution in [1.82, 2.24) is 0 Å². The number of halogens is 1. The first-order valence-corrected chi connectivity index (χ1v) is 4.82. The maximum atomic E-state index is 11.0. The van der Waals surface area contributed by atoms with Crippen molar-refractivity contribution in [3.63, 3.8) is 0 Å². The Morgan fingerprint density at radius 2 is 1.62 bits per heavy atom. The molecule has 0 saturated heterocycles. The van der Waals surface area contributed by atoms with Crippen molar-refractivity contribution in [2.75, 3.05) is 0 Å². The Hall–Kier alpha value is -1.94. The van der Waals surface area contributed by atoms with Gasteiger partial charge in [-0.05, 0) is 35.0 Å². The number of aromatic hydroxyl groups is 2. The fourth-order valence-electron chi connectivity index (χ4n) is 1.50. The largest absolute Gasteiger partial charge is 0.507 e. The van der Waals surface area contributed by atoms with Gasteiger partial charge in [-0.25, -0.2) is 0 Å². The molecule has 4 N–H and O–H groups in total. The highest BCUT2D eigenvalue weighted by Gasteiger charge is 2.10. The minimum absolute atomic E-state index is 0.0225. The first kappa shape index (κ1) is 10.6. The predicted octanol–water partition coefficient (Wildman–Crippen LogP) is 2.00. The van der Waals surface area contributed by atoms with Crippen LogP contribution in [0.3, 0.4) is 0 Å². The molecule has 0 bridgehead atoms. The van der Waals surface area contributed by atoms with Crippen LogP contribution in [0.25, 0.3) is 10.8 Å². The molecule has 0 aliphatic heterocycles. The minimum Gasteiger partial charge on any atom is -0.507 e. The van der Waals surface area contributed by atoms with Gasteiger partial charge in [0.05, 0.1) is 10.6 Å². The molecule has 0 aromatic heterocycles. The summed E-state index contributed by atoms with van der Waals surface area (Å²) in [7, 11) is 0. The number of benzene rings is 2. The van der Waals surface area contributed by atoms with E-state index in [0.717, 1.165) is 0 Å². The number of rotatable bonds is 1. The molecule has 2 rings (SSSR count). The minimum atomic E-state index is -0.719. The Balaban J connectivity index is 2.79. The van der Waals surface area contributed by atoms with Crippen LogP contribution in [-0.2, 0) is 0 Å². The fourth-order valence-corrected chi connectivity index (χ4v) is 1.67. The van der Waals surface area contributed by atoms with Crippen molar-refractivity contribution in [2.45, 2.75) is 0 Å². The van der Waals surface area contributed by atoms with E-state index in [2.05, 4.69) is 0 Å². The number of nitrogens with two attached hydrogens (primary N) is 1. The van der Waals surface area contributed by atoms with Crippen molar-refractivity contribution in [3.05, 3.63) is 34.9 Å². The average molecular weight is 238 g/mol. The molecule has 0 aliphatic carbocycles. The molecule has 0 atom stereocenters. The SMILES string of the molecule is NC(=O)c1cc2cc(Cl)c(O)cc2cc1O. The third kappa shape index (κ3) is 1.63. The summed E-state index contributed by atoms with van der Waals surface area (Å²) in [5, 5.41) is 20.3. The molecule has 5 heteroatoms. The molecular weight excluding hydrogens is 230 g/mol. The van der Waals surface area contributed by atoms with Gasteiger partial charge in [0, 0.05) is 0 Å². The maximum Gasteiger partial charge on any atom is 0.252 e. The molecule has 2 aromatic rings. The van der Waals surface area contributed by atoms with E-state index in [4.69, 9.17) is 17.3 Å². The molecule has 0 fully saturated rings. The van der Waals surface area contributed by atoms with Gasteiger partial charge in [0.15, 0.2) is 0 Å². The van der Waals surface area contributed by atoms with E-state index >= 15 is 0 Å². The lowest BCUT2D eigenvalue weighted by Crippen LogP contribution is -2.10. The van der Waals surface area contributed by atoms with E-state index in [0.29, 0.717) is 10.8 Å². The van der Waals surface area contributed by atoms with E-state index < -0.39 is 5.91 Å². The van der Waals surface area contributed by atoms with Crippen LogP contribution in [0.1, 0.15) is 10.4 Å².